The summed E-state index contributed by atoms with van der Waals surface area (Å²) in [5.74, 6) is 0.889. The Morgan fingerprint density at radius 3 is 1.88 bits per heavy atom. The van der Waals surface area contributed by atoms with E-state index in [0.29, 0.717) is 45.0 Å². The normalized spacial score (nSPS) is 15.0. The molecule has 5 rings (SSSR count). The zero-order chi connectivity index (χ0) is 36.2. The zero-order valence-electron chi connectivity index (χ0n) is 31.1. The fourth-order valence-electron chi connectivity index (χ4n) is 6.48. The Morgan fingerprint density at radius 1 is 0.706 bits per heavy atom. The fraction of sp³-hybridized carbons (Fsp3) is 0.409. The lowest BCUT2D eigenvalue weighted by Crippen LogP contribution is -2.57. The molecule has 1 saturated heterocycles. The maximum atomic E-state index is 14.2. The molecule has 4 aromatic rings. The molecule has 0 spiro atoms. The highest BCUT2D eigenvalue weighted by Crippen LogP contribution is 2.22. The minimum Gasteiger partial charge on any atom is -0.489 e. The third-order valence-electron chi connectivity index (χ3n) is 9.56. The van der Waals surface area contributed by atoms with Crippen molar-refractivity contribution in [2.24, 2.45) is 5.92 Å². The standard InChI is InChI=1S/C44H56N4O3/c1-33(2)28-40(45-30-35-16-20-38(21-17-35)44(3,4)5)42(49)46-41(29-34-18-22-39(23-19-34)51-32-37-14-10-7-11-15-37)43(50)48-26-24-47(25-27-48)31-36-12-8-6-9-13-36/h6-23,33,40-41,45H,24-32H2,1-5H3,(H,46,49)/t40-,41+/m0/s1. The molecule has 0 aliphatic carbocycles. The quantitative estimate of drug-likeness (QED) is 0.139. The molecule has 0 unspecified atom stereocenters. The third kappa shape index (κ3) is 11.8. The Bertz CT molecular complexity index is 1640. The maximum absolute atomic E-state index is 14.2. The number of ether oxygens (including phenoxy) is 1. The second kappa shape index (κ2) is 18.2. The highest BCUT2D eigenvalue weighted by atomic mass is 16.5. The number of piperazine rings is 1. The first-order valence-electron chi connectivity index (χ1n) is 18.5. The second-order valence-corrected chi connectivity index (χ2v) is 15.3. The van der Waals surface area contributed by atoms with E-state index in [0.717, 1.165) is 42.1 Å². The Kier molecular flexibility index (Phi) is 13.5. The van der Waals surface area contributed by atoms with E-state index in [1.54, 1.807) is 0 Å². The van der Waals surface area contributed by atoms with Gasteiger partial charge >= 0.3 is 0 Å². The van der Waals surface area contributed by atoms with Crippen molar-refractivity contribution in [2.75, 3.05) is 26.2 Å². The number of carbonyl (C=O) groups is 2. The molecule has 0 aromatic heterocycles. The molecule has 0 bridgehead atoms. The van der Waals surface area contributed by atoms with Crippen LogP contribution >= 0.6 is 0 Å². The topological polar surface area (TPSA) is 73.9 Å². The fourth-order valence-corrected chi connectivity index (χ4v) is 6.48. The van der Waals surface area contributed by atoms with Gasteiger partial charge in [-0.15, -0.1) is 0 Å². The number of amides is 2. The molecule has 270 valence electrons. The van der Waals surface area contributed by atoms with Crippen LogP contribution in [0.3, 0.4) is 0 Å². The van der Waals surface area contributed by atoms with Crippen molar-refractivity contribution >= 4 is 11.8 Å². The number of nitrogens with zero attached hydrogens (tertiary/aromatic N) is 2. The van der Waals surface area contributed by atoms with Gasteiger partial charge in [0.05, 0.1) is 6.04 Å². The molecule has 1 fully saturated rings. The van der Waals surface area contributed by atoms with Crippen LogP contribution in [-0.4, -0.2) is 59.9 Å². The van der Waals surface area contributed by atoms with Crippen molar-refractivity contribution in [1.82, 2.24) is 20.4 Å². The van der Waals surface area contributed by atoms with Gasteiger partial charge in [0.25, 0.3) is 0 Å². The summed E-state index contributed by atoms with van der Waals surface area (Å²) < 4.78 is 6.01. The highest BCUT2D eigenvalue weighted by Gasteiger charge is 2.31. The van der Waals surface area contributed by atoms with E-state index >= 15 is 0 Å². The van der Waals surface area contributed by atoms with E-state index < -0.39 is 12.1 Å². The number of carbonyl (C=O) groups excluding carboxylic acids is 2. The molecule has 4 aromatic carbocycles. The van der Waals surface area contributed by atoms with Gasteiger partial charge in [0.1, 0.15) is 18.4 Å². The van der Waals surface area contributed by atoms with Gasteiger partial charge in [-0.2, -0.15) is 0 Å². The summed E-state index contributed by atoms with van der Waals surface area (Å²) >= 11 is 0. The summed E-state index contributed by atoms with van der Waals surface area (Å²) in [6, 6.07) is 35.9. The summed E-state index contributed by atoms with van der Waals surface area (Å²) in [7, 11) is 0. The smallest absolute Gasteiger partial charge is 0.245 e. The molecule has 7 nitrogen and oxygen atoms in total. The first-order valence-corrected chi connectivity index (χ1v) is 18.5. The first-order chi connectivity index (χ1) is 24.5. The number of hydrogen-bond donors (Lipinski definition) is 2. The minimum atomic E-state index is -0.684. The number of nitrogens with one attached hydrogen (secondary N) is 2. The van der Waals surface area contributed by atoms with E-state index in [1.807, 2.05) is 65.6 Å². The lowest BCUT2D eigenvalue weighted by Gasteiger charge is -2.37. The predicted molar refractivity (Wildman–Crippen MR) is 206 cm³/mol. The number of rotatable bonds is 15. The van der Waals surface area contributed by atoms with Crippen LogP contribution in [0.4, 0.5) is 0 Å². The van der Waals surface area contributed by atoms with E-state index in [2.05, 4.69) is 98.7 Å². The van der Waals surface area contributed by atoms with Crippen molar-refractivity contribution < 1.29 is 14.3 Å². The van der Waals surface area contributed by atoms with Gasteiger partial charge in [-0.3, -0.25) is 14.5 Å². The Morgan fingerprint density at radius 2 is 1.29 bits per heavy atom. The summed E-state index contributed by atoms with van der Waals surface area (Å²) in [6.45, 7) is 15.6. The number of hydrogen-bond acceptors (Lipinski definition) is 5. The van der Waals surface area contributed by atoms with Crippen molar-refractivity contribution in [3.63, 3.8) is 0 Å². The third-order valence-corrected chi connectivity index (χ3v) is 9.56. The van der Waals surface area contributed by atoms with Gasteiger partial charge in [0.2, 0.25) is 11.8 Å². The molecule has 2 atom stereocenters. The molecule has 7 heteroatoms. The molecule has 1 aliphatic heterocycles. The SMILES string of the molecule is CC(C)C[C@H](NCc1ccc(C(C)(C)C)cc1)C(=O)N[C@H](Cc1ccc(OCc2ccccc2)cc1)C(=O)N1CCN(Cc2ccccc2)CC1. The molecule has 0 saturated carbocycles. The van der Waals surface area contributed by atoms with Crippen molar-refractivity contribution in [3.05, 3.63) is 137 Å². The molecule has 2 N–H and O–H groups in total. The first kappa shape index (κ1) is 37.8. The van der Waals surface area contributed by atoms with Crippen LogP contribution in [0.5, 0.6) is 5.75 Å². The molecule has 1 aliphatic rings. The van der Waals surface area contributed by atoms with Crippen LogP contribution in [0.15, 0.2) is 109 Å². The molecule has 2 amide bonds. The molecular formula is C44H56N4O3. The Labute approximate surface area is 305 Å². The van der Waals surface area contributed by atoms with Crippen LogP contribution in [0.1, 0.15) is 68.9 Å². The Balaban J connectivity index is 1.26. The average Bonchev–Trinajstić information content (AvgIpc) is 3.13. The van der Waals surface area contributed by atoms with Crippen LogP contribution in [0.25, 0.3) is 0 Å². The molecule has 1 heterocycles. The molecule has 0 radical (unpaired) electrons. The average molecular weight is 689 g/mol. The van der Waals surface area contributed by atoms with Gasteiger partial charge in [-0.25, -0.2) is 0 Å². The zero-order valence-corrected chi connectivity index (χ0v) is 31.1. The second-order valence-electron chi connectivity index (χ2n) is 15.3. The van der Waals surface area contributed by atoms with E-state index in [4.69, 9.17) is 4.74 Å². The van der Waals surface area contributed by atoms with Crippen molar-refractivity contribution in [1.29, 1.82) is 0 Å². The van der Waals surface area contributed by atoms with E-state index in [9.17, 15) is 9.59 Å². The molecular weight excluding hydrogens is 633 g/mol. The summed E-state index contributed by atoms with van der Waals surface area (Å²) in [5.41, 5.74) is 5.83. The van der Waals surface area contributed by atoms with Crippen LogP contribution in [-0.2, 0) is 41.1 Å². The van der Waals surface area contributed by atoms with Gasteiger partial charge in [-0.05, 0) is 57.7 Å². The van der Waals surface area contributed by atoms with Gasteiger partial charge in [0, 0.05) is 45.7 Å². The maximum Gasteiger partial charge on any atom is 0.245 e. The van der Waals surface area contributed by atoms with Gasteiger partial charge < -0.3 is 20.3 Å². The number of benzene rings is 4. The van der Waals surface area contributed by atoms with Crippen molar-refractivity contribution in [2.45, 2.75) is 84.7 Å². The van der Waals surface area contributed by atoms with Gasteiger partial charge in [0.15, 0.2) is 0 Å². The minimum absolute atomic E-state index is 0.0341. The van der Waals surface area contributed by atoms with Gasteiger partial charge in [-0.1, -0.05) is 132 Å². The van der Waals surface area contributed by atoms with Crippen molar-refractivity contribution in [3.8, 4) is 5.75 Å². The monoisotopic (exact) mass is 688 g/mol. The summed E-state index contributed by atoms with van der Waals surface area (Å²) in [5, 5.41) is 6.72. The Hall–Kier alpha value is -4.46. The van der Waals surface area contributed by atoms with Crippen LogP contribution < -0.4 is 15.4 Å². The largest absolute Gasteiger partial charge is 0.489 e. The molecule has 51 heavy (non-hydrogen) atoms. The van der Waals surface area contributed by atoms with E-state index in [-0.39, 0.29) is 17.2 Å². The summed E-state index contributed by atoms with van der Waals surface area (Å²) in [4.78, 5) is 32.6. The lowest BCUT2D eigenvalue weighted by molar-refractivity contribution is -0.138. The lowest BCUT2D eigenvalue weighted by atomic mass is 9.87. The highest BCUT2D eigenvalue weighted by molar-refractivity contribution is 5.90. The summed E-state index contributed by atoms with van der Waals surface area (Å²) in [6.07, 6.45) is 1.06. The van der Waals surface area contributed by atoms with Crippen LogP contribution in [0.2, 0.25) is 0 Å². The predicted octanol–water partition coefficient (Wildman–Crippen LogP) is 7.14. The van der Waals surface area contributed by atoms with Crippen LogP contribution in [0, 0.1) is 5.92 Å². The van der Waals surface area contributed by atoms with E-state index in [1.165, 1.54) is 11.1 Å².